The van der Waals surface area contributed by atoms with E-state index in [-0.39, 0.29) is 35.2 Å². The molecule has 1 aliphatic carbocycles. The molecule has 6 heteroatoms. The van der Waals surface area contributed by atoms with Gasteiger partial charge in [0.25, 0.3) is 5.91 Å². The molecular formula is C18H23N3O3. The highest BCUT2D eigenvalue weighted by Crippen LogP contribution is 2.33. The number of aromatic nitrogens is 1. The second kappa shape index (κ2) is 6.07. The first-order chi connectivity index (χ1) is 11.6. The summed E-state index contributed by atoms with van der Waals surface area (Å²) in [4.78, 5) is 33.3. The molecule has 1 aromatic rings. The van der Waals surface area contributed by atoms with E-state index in [0.29, 0.717) is 19.0 Å². The average Bonchev–Trinajstić information content (AvgIpc) is 2.85. The standard InChI is InChI=1S/C18H23N3O3/c22-15-5-2-8-19-16(15)18(24)21-10-12-6-7-14(21)11-20(9-12)17(23)13-3-1-4-13/h2,5,8,12-14,22H,1,3-4,6-7,9-11H2/t12-,14+/m0/s1. The largest absolute Gasteiger partial charge is 0.505 e. The molecule has 0 unspecified atom stereocenters. The summed E-state index contributed by atoms with van der Waals surface area (Å²) >= 11 is 0. The minimum Gasteiger partial charge on any atom is -0.505 e. The SMILES string of the molecule is O=C(C1CCC1)N1C[C@@H]2CC[C@H](C1)N(C(=O)c1ncccc1O)C2. The molecule has 24 heavy (non-hydrogen) atoms. The smallest absolute Gasteiger partial charge is 0.276 e. The van der Waals surface area contributed by atoms with E-state index in [1.54, 1.807) is 6.07 Å². The van der Waals surface area contributed by atoms with Crippen molar-refractivity contribution in [3.05, 3.63) is 24.0 Å². The van der Waals surface area contributed by atoms with Gasteiger partial charge in [0.1, 0.15) is 5.75 Å². The zero-order valence-corrected chi connectivity index (χ0v) is 13.7. The number of fused-ring (bicyclic) bond motifs is 4. The zero-order chi connectivity index (χ0) is 16.7. The van der Waals surface area contributed by atoms with Crippen molar-refractivity contribution in [1.82, 2.24) is 14.8 Å². The minimum absolute atomic E-state index is 0.0293. The third kappa shape index (κ3) is 2.64. The van der Waals surface area contributed by atoms with Gasteiger partial charge in [-0.1, -0.05) is 6.42 Å². The van der Waals surface area contributed by atoms with Gasteiger partial charge in [0.05, 0.1) is 0 Å². The molecule has 5 rings (SSSR count). The summed E-state index contributed by atoms with van der Waals surface area (Å²) in [5.41, 5.74) is 0.113. The van der Waals surface area contributed by atoms with Crippen LogP contribution >= 0.6 is 0 Å². The van der Waals surface area contributed by atoms with Gasteiger partial charge < -0.3 is 14.9 Å². The number of rotatable bonds is 2. The summed E-state index contributed by atoms with van der Waals surface area (Å²) in [5.74, 6) is 0.493. The van der Waals surface area contributed by atoms with Crippen LogP contribution in [-0.2, 0) is 4.79 Å². The summed E-state index contributed by atoms with van der Waals surface area (Å²) in [5, 5.41) is 9.93. The highest BCUT2D eigenvalue weighted by molar-refractivity contribution is 5.95. The van der Waals surface area contributed by atoms with Crippen molar-refractivity contribution < 1.29 is 14.7 Å². The number of nitrogens with zero attached hydrogens (tertiary/aromatic N) is 3. The van der Waals surface area contributed by atoms with Gasteiger partial charge in [0.15, 0.2) is 5.69 Å². The van der Waals surface area contributed by atoms with E-state index in [1.165, 1.54) is 12.3 Å². The normalized spacial score (nSPS) is 26.8. The molecule has 4 aliphatic rings. The minimum atomic E-state index is -0.222. The van der Waals surface area contributed by atoms with Crippen LogP contribution < -0.4 is 0 Å². The fourth-order valence-corrected chi connectivity index (χ4v) is 4.12. The fraction of sp³-hybridized carbons (Fsp3) is 0.611. The molecule has 0 radical (unpaired) electrons. The molecule has 3 saturated heterocycles. The first-order valence-corrected chi connectivity index (χ1v) is 8.87. The molecule has 1 aromatic heterocycles. The maximum absolute atomic E-state index is 12.8. The van der Waals surface area contributed by atoms with Gasteiger partial charge >= 0.3 is 0 Å². The number of carbonyl (C=O) groups excluding carboxylic acids is 2. The molecule has 4 heterocycles. The van der Waals surface area contributed by atoms with Crippen LogP contribution in [0.1, 0.15) is 42.6 Å². The van der Waals surface area contributed by atoms with Crippen molar-refractivity contribution in [3.63, 3.8) is 0 Å². The lowest BCUT2D eigenvalue weighted by atomic mass is 9.84. The van der Waals surface area contributed by atoms with Gasteiger partial charge in [0, 0.05) is 37.8 Å². The van der Waals surface area contributed by atoms with Gasteiger partial charge in [-0.05, 0) is 43.7 Å². The van der Waals surface area contributed by atoms with Crippen LogP contribution in [0.2, 0.25) is 0 Å². The Labute approximate surface area is 141 Å². The molecule has 1 N–H and O–H groups in total. The number of aromatic hydroxyl groups is 1. The molecule has 1 saturated carbocycles. The Hall–Kier alpha value is -2.11. The van der Waals surface area contributed by atoms with Gasteiger partial charge in [-0.15, -0.1) is 0 Å². The second-order valence-electron chi connectivity index (χ2n) is 7.30. The fourth-order valence-electron chi connectivity index (χ4n) is 4.12. The molecule has 6 nitrogen and oxygen atoms in total. The summed E-state index contributed by atoms with van der Waals surface area (Å²) in [6.07, 6.45) is 6.66. The molecule has 128 valence electrons. The molecule has 4 fully saturated rings. The quantitative estimate of drug-likeness (QED) is 0.895. The van der Waals surface area contributed by atoms with Gasteiger partial charge in [-0.3, -0.25) is 9.59 Å². The summed E-state index contributed by atoms with van der Waals surface area (Å²) in [6.45, 7) is 2.02. The Morgan fingerprint density at radius 3 is 2.67 bits per heavy atom. The monoisotopic (exact) mass is 329 g/mol. The summed E-state index contributed by atoms with van der Waals surface area (Å²) in [6, 6.07) is 3.13. The van der Waals surface area contributed by atoms with Crippen molar-refractivity contribution in [2.75, 3.05) is 19.6 Å². The van der Waals surface area contributed by atoms with E-state index in [1.807, 2.05) is 9.80 Å². The maximum Gasteiger partial charge on any atom is 0.276 e. The number of piperidine rings is 1. The van der Waals surface area contributed by atoms with E-state index in [9.17, 15) is 14.7 Å². The van der Waals surface area contributed by atoms with E-state index in [4.69, 9.17) is 0 Å². The van der Waals surface area contributed by atoms with Crippen molar-refractivity contribution in [1.29, 1.82) is 0 Å². The first-order valence-electron chi connectivity index (χ1n) is 8.87. The lowest BCUT2D eigenvalue weighted by molar-refractivity contribution is -0.138. The Bertz CT molecular complexity index is 659. The number of amides is 2. The Morgan fingerprint density at radius 1 is 1.12 bits per heavy atom. The molecule has 0 spiro atoms. The van der Waals surface area contributed by atoms with Gasteiger partial charge in [-0.2, -0.15) is 0 Å². The van der Waals surface area contributed by atoms with Crippen LogP contribution in [-0.4, -0.2) is 57.4 Å². The first kappa shape index (κ1) is 15.4. The Kier molecular flexibility index (Phi) is 3.90. The van der Waals surface area contributed by atoms with Crippen LogP contribution in [0.4, 0.5) is 0 Å². The van der Waals surface area contributed by atoms with Crippen molar-refractivity contribution in [3.8, 4) is 5.75 Å². The summed E-state index contributed by atoms with van der Waals surface area (Å²) in [7, 11) is 0. The topological polar surface area (TPSA) is 73.7 Å². The Balaban J connectivity index is 1.53. The predicted octanol–water partition coefficient (Wildman–Crippen LogP) is 1.65. The van der Waals surface area contributed by atoms with Crippen LogP contribution in [0.3, 0.4) is 0 Å². The lowest BCUT2D eigenvalue weighted by Gasteiger charge is -2.36. The van der Waals surface area contributed by atoms with Crippen molar-refractivity contribution in [2.45, 2.75) is 38.1 Å². The van der Waals surface area contributed by atoms with Crippen molar-refractivity contribution in [2.24, 2.45) is 11.8 Å². The van der Waals surface area contributed by atoms with Gasteiger partial charge in [-0.25, -0.2) is 4.98 Å². The van der Waals surface area contributed by atoms with Crippen LogP contribution in [0.5, 0.6) is 5.75 Å². The number of hydrogen-bond donors (Lipinski definition) is 1. The zero-order valence-electron chi connectivity index (χ0n) is 13.7. The average molecular weight is 329 g/mol. The molecule has 2 bridgehead atoms. The predicted molar refractivity (Wildman–Crippen MR) is 87.4 cm³/mol. The highest BCUT2D eigenvalue weighted by atomic mass is 16.3. The molecular weight excluding hydrogens is 306 g/mol. The van der Waals surface area contributed by atoms with E-state index >= 15 is 0 Å². The molecule has 2 atom stereocenters. The molecule has 3 aliphatic heterocycles. The Morgan fingerprint density at radius 2 is 1.96 bits per heavy atom. The van der Waals surface area contributed by atoms with Gasteiger partial charge in [0.2, 0.25) is 5.91 Å². The third-order valence-electron chi connectivity index (χ3n) is 5.73. The number of pyridine rings is 1. The molecule has 2 amide bonds. The lowest BCUT2D eigenvalue weighted by Crippen LogP contribution is -2.48. The van der Waals surface area contributed by atoms with Crippen LogP contribution in [0.25, 0.3) is 0 Å². The van der Waals surface area contributed by atoms with E-state index in [2.05, 4.69) is 4.98 Å². The van der Waals surface area contributed by atoms with E-state index < -0.39 is 0 Å². The van der Waals surface area contributed by atoms with Crippen LogP contribution in [0, 0.1) is 11.8 Å². The highest BCUT2D eigenvalue weighted by Gasteiger charge is 2.41. The summed E-state index contributed by atoms with van der Waals surface area (Å²) < 4.78 is 0. The molecule has 0 aromatic carbocycles. The number of carbonyl (C=O) groups is 2. The third-order valence-corrected chi connectivity index (χ3v) is 5.73. The van der Waals surface area contributed by atoms with E-state index in [0.717, 1.165) is 38.6 Å². The second-order valence-corrected chi connectivity index (χ2v) is 7.30. The van der Waals surface area contributed by atoms with Crippen LogP contribution in [0.15, 0.2) is 18.3 Å². The number of hydrogen-bond acceptors (Lipinski definition) is 4. The van der Waals surface area contributed by atoms with Crippen molar-refractivity contribution >= 4 is 11.8 Å². The maximum atomic E-state index is 12.8.